The van der Waals surface area contributed by atoms with Gasteiger partial charge in [-0.25, -0.2) is 0 Å². The molecule has 4 N–H and O–H groups in total. The van der Waals surface area contributed by atoms with Crippen LogP contribution in [-0.4, -0.2) is 24.9 Å². The molecule has 0 aliphatic heterocycles. The van der Waals surface area contributed by atoms with E-state index in [0.717, 1.165) is 13.0 Å². The van der Waals surface area contributed by atoms with Crippen LogP contribution in [0.5, 0.6) is 0 Å². The molecule has 0 amide bonds. The topological polar surface area (TPSA) is 64.5 Å². The highest BCUT2D eigenvalue weighted by Gasteiger charge is 1.93. The molecule has 0 saturated heterocycles. The lowest BCUT2D eigenvalue weighted by atomic mass is 10.1. The molecule has 0 aliphatic rings. The summed E-state index contributed by atoms with van der Waals surface area (Å²) >= 11 is 0. The fraction of sp³-hybridized carbons (Fsp3) is 1.00. The van der Waals surface area contributed by atoms with Gasteiger partial charge in [0, 0.05) is 6.61 Å². The fourth-order valence-electron chi connectivity index (χ4n) is 2.03. The second-order valence-corrected chi connectivity index (χ2v) is 4.87. The van der Waals surface area contributed by atoms with Gasteiger partial charge in [0.15, 0.2) is 0 Å². The van der Waals surface area contributed by atoms with Gasteiger partial charge in [0.05, 0.1) is 13.2 Å². The maximum Gasteiger partial charge on any atom is 0.0697 e. The first kappa shape index (κ1) is 20.2. The summed E-state index contributed by atoms with van der Waals surface area (Å²) in [6, 6.07) is 0. The summed E-state index contributed by atoms with van der Waals surface area (Å²) in [4.78, 5) is 0. The molecule has 0 radical (unpaired) electrons. The molecule has 0 rings (SSSR count). The van der Waals surface area contributed by atoms with Gasteiger partial charge in [0.25, 0.3) is 0 Å². The van der Waals surface area contributed by atoms with E-state index < -0.39 is 0 Å². The zero-order valence-corrected chi connectivity index (χ0v) is 12.5. The van der Waals surface area contributed by atoms with Crippen molar-refractivity contribution in [1.29, 1.82) is 0 Å². The highest BCUT2D eigenvalue weighted by Crippen LogP contribution is 2.11. The van der Waals surface area contributed by atoms with Crippen LogP contribution in [0.3, 0.4) is 0 Å². The van der Waals surface area contributed by atoms with Gasteiger partial charge in [-0.2, -0.15) is 0 Å². The maximum absolute atomic E-state index is 8.52. The second kappa shape index (κ2) is 19.2. The minimum atomic E-state index is 0. The number of aliphatic hydroxyl groups is 1. The quantitative estimate of drug-likeness (QED) is 0.453. The summed E-state index contributed by atoms with van der Waals surface area (Å²) in [7, 11) is 0. The van der Waals surface area contributed by atoms with Gasteiger partial charge in [-0.1, -0.05) is 71.1 Å². The normalized spacial score (nSPS) is 10.3. The molecule has 3 heteroatoms. The monoisotopic (exact) mass is 261 g/mol. The van der Waals surface area contributed by atoms with Crippen molar-refractivity contribution in [3.63, 3.8) is 0 Å². The van der Waals surface area contributed by atoms with E-state index in [2.05, 4.69) is 6.92 Å². The van der Waals surface area contributed by atoms with Gasteiger partial charge in [-0.15, -0.1) is 0 Å². The van der Waals surface area contributed by atoms with Crippen LogP contribution in [0.25, 0.3) is 0 Å². The van der Waals surface area contributed by atoms with Crippen molar-refractivity contribution >= 4 is 0 Å². The third kappa shape index (κ3) is 18.3. The average molecular weight is 261 g/mol. The Morgan fingerprint density at radius 2 is 1.11 bits per heavy atom. The second-order valence-electron chi connectivity index (χ2n) is 4.87. The molecule has 0 aliphatic carbocycles. The van der Waals surface area contributed by atoms with E-state index in [0.29, 0.717) is 6.61 Å². The van der Waals surface area contributed by atoms with Crippen molar-refractivity contribution in [3.05, 3.63) is 0 Å². The molecule has 0 aromatic rings. The largest absolute Gasteiger partial charge is 0.394 e. The summed E-state index contributed by atoms with van der Waals surface area (Å²) in [6.07, 6.45) is 15.0. The van der Waals surface area contributed by atoms with Crippen LogP contribution in [0.2, 0.25) is 0 Å². The molecule has 0 bridgehead atoms. The first-order valence-electron chi connectivity index (χ1n) is 7.60. The number of hydrogen-bond acceptors (Lipinski definition) is 3. The Kier molecular flexibility index (Phi) is 21.6. The van der Waals surface area contributed by atoms with Crippen molar-refractivity contribution in [1.82, 2.24) is 6.15 Å². The number of aliphatic hydroxyl groups excluding tert-OH is 1. The van der Waals surface area contributed by atoms with Crippen molar-refractivity contribution in [2.24, 2.45) is 0 Å². The van der Waals surface area contributed by atoms with E-state index in [1.54, 1.807) is 0 Å². The first-order valence-corrected chi connectivity index (χ1v) is 7.60. The molecular weight excluding hydrogens is 226 g/mol. The van der Waals surface area contributed by atoms with E-state index in [1.165, 1.54) is 64.2 Å². The SMILES string of the molecule is CCCCCCCCCCCCCOCCO.N. The van der Waals surface area contributed by atoms with Crippen molar-refractivity contribution in [2.45, 2.75) is 77.6 Å². The summed E-state index contributed by atoms with van der Waals surface area (Å²) in [5.74, 6) is 0. The summed E-state index contributed by atoms with van der Waals surface area (Å²) in [5, 5.41) is 8.52. The Balaban J connectivity index is 0. The van der Waals surface area contributed by atoms with Gasteiger partial charge in [0.1, 0.15) is 0 Å². The summed E-state index contributed by atoms with van der Waals surface area (Å²) < 4.78 is 5.22. The zero-order valence-electron chi connectivity index (χ0n) is 12.5. The van der Waals surface area contributed by atoms with Gasteiger partial charge in [0.2, 0.25) is 0 Å². The minimum Gasteiger partial charge on any atom is -0.394 e. The van der Waals surface area contributed by atoms with Crippen LogP contribution in [0.15, 0.2) is 0 Å². The zero-order chi connectivity index (χ0) is 12.6. The molecule has 3 nitrogen and oxygen atoms in total. The number of ether oxygens (including phenoxy) is 1. The molecule has 18 heavy (non-hydrogen) atoms. The van der Waals surface area contributed by atoms with Crippen LogP contribution in [0.4, 0.5) is 0 Å². The molecule has 0 aromatic heterocycles. The smallest absolute Gasteiger partial charge is 0.0697 e. The maximum atomic E-state index is 8.52. The molecular formula is C15H35NO2. The Morgan fingerprint density at radius 1 is 0.667 bits per heavy atom. The van der Waals surface area contributed by atoms with Gasteiger partial charge in [-0.05, 0) is 6.42 Å². The van der Waals surface area contributed by atoms with Crippen LogP contribution < -0.4 is 6.15 Å². The Hall–Kier alpha value is -0.120. The molecule has 0 fully saturated rings. The molecule has 0 spiro atoms. The van der Waals surface area contributed by atoms with E-state index in [-0.39, 0.29) is 12.8 Å². The van der Waals surface area contributed by atoms with Crippen LogP contribution >= 0.6 is 0 Å². The van der Waals surface area contributed by atoms with E-state index >= 15 is 0 Å². The van der Waals surface area contributed by atoms with Crippen molar-refractivity contribution in [2.75, 3.05) is 19.8 Å². The molecule has 0 heterocycles. The highest BCUT2D eigenvalue weighted by atomic mass is 16.5. The van der Waals surface area contributed by atoms with E-state index in [4.69, 9.17) is 9.84 Å². The van der Waals surface area contributed by atoms with Crippen LogP contribution in [-0.2, 0) is 4.74 Å². The number of hydrogen-bond donors (Lipinski definition) is 2. The predicted molar refractivity (Wildman–Crippen MR) is 79.4 cm³/mol. The fourth-order valence-corrected chi connectivity index (χ4v) is 2.03. The highest BCUT2D eigenvalue weighted by molar-refractivity contribution is 4.47. The molecule has 0 unspecified atom stereocenters. The third-order valence-corrected chi connectivity index (χ3v) is 3.13. The van der Waals surface area contributed by atoms with E-state index in [1.807, 2.05) is 0 Å². The van der Waals surface area contributed by atoms with Gasteiger partial charge >= 0.3 is 0 Å². The number of rotatable bonds is 14. The van der Waals surface area contributed by atoms with E-state index in [9.17, 15) is 0 Å². The summed E-state index contributed by atoms with van der Waals surface area (Å²) in [6.45, 7) is 3.73. The Labute approximate surface area is 114 Å². The van der Waals surface area contributed by atoms with Crippen LogP contribution in [0, 0.1) is 0 Å². The van der Waals surface area contributed by atoms with Crippen molar-refractivity contribution in [3.8, 4) is 0 Å². The van der Waals surface area contributed by atoms with Crippen LogP contribution in [0.1, 0.15) is 77.6 Å². The lowest BCUT2D eigenvalue weighted by Gasteiger charge is -2.03. The van der Waals surface area contributed by atoms with Crippen molar-refractivity contribution < 1.29 is 9.84 Å². The average Bonchev–Trinajstić information content (AvgIpc) is 2.35. The Morgan fingerprint density at radius 3 is 1.56 bits per heavy atom. The standard InChI is InChI=1S/C15H32O2.H3N/c1-2-3-4-5-6-7-8-9-10-11-12-14-17-15-13-16;/h16H,2-15H2,1H3;1H3. The van der Waals surface area contributed by atoms with Gasteiger partial charge in [-0.3, -0.25) is 0 Å². The summed E-state index contributed by atoms with van der Waals surface area (Å²) in [5.41, 5.74) is 0. The molecule has 112 valence electrons. The third-order valence-electron chi connectivity index (χ3n) is 3.13. The number of unbranched alkanes of at least 4 members (excludes halogenated alkanes) is 10. The molecule has 0 atom stereocenters. The Bertz CT molecular complexity index is 118. The molecule has 0 aromatic carbocycles. The lowest BCUT2D eigenvalue weighted by molar-refractivity contribution is 0.0895. The van der Waals surface area contributed by atoms with Gasteiger partial charge < -0.3 is 16.0 Å². The molecule has 0 saturated carbocycles. The first-order chi connectivity index (χ1) is 8.41. The lowest BCUT2D eigenvalue weighted by Crippen LogP contribution is -2.00. The minimum absolute atomic E-state index is 0. The predicted octanol–water partition coefficient (Wildman–Crippen LogP) is 4.47.